The van der Waals surface area contributed by atoms with Gasteiger partial charge in [-0.05, 0) is 43.5 Å². The molecular formula is C18H28ClN3O2. The Bertz CT molecular complexity index is 567. The molecule has 0 unspecified atom stereocenters. The molecule has 1 aromatic rings. The number of primary amides is 1. The molecule has 1 amide bonds. The van der Waals surface area contributed by atoms with E-state index < -0.39 is 5.91 Å². The summed E-state index contributed by atoms with van der Waals surface area (Å²) in [7, 11) is 1.81. The smallest absolute Gasteiger partial charge is 0.267 e. The molecule has 2 bridgehead atoms. The number of nitrogens with zero attached hydrogens (tertiary/aromatic N) is 2. The lowest BCUT2D eigenvalue weighted by molar-refractivity contribution is -0.168. The Labute approximate surface area is 150 Å². The maximum Gasteiger partial charge on any atom is 0.267 e. The van der Waals surface area contributed by atoms with Crippen molar-refractivity contribution in [1.82, 2.24) is 9.88 Å². The summed E-state index contributed by atoms with van der Waals surface area (Å²) >= 11 is 0. The van der Waals surface area contributed by atoms with Gasteiger partial charge in [0.2, 0.25) is 0 Å². The lowest BCUT2D eigenvalue weighted by Gasteiger charge is -2.55. The standard InChI is InChI=1S/C18H27N3O2.ClH/c1-3-9-21-11-14-5-4-6-15(12-21)18(14,23-2)13-7-8-20-16(10-13)17(19)22;/h7-8,10,14-15H,3-6,9,11-12H2,1-2H3,(H2,19,22);1H/t14-,15+,18+;. The Balaban J connectivity index is 0.00000208. The van der Waals surface area contributed by atoms with Crippen molar-refractivity contribution in [2.24, 2.45) is 17.6 Å². The predicted octanol–water partition coefficient (Wildman–Crippen LogP) is 2.59. The van der Waals surface area contributed by atoms with E-state index in [4.69, 9.17) is 10.5 Å². The molecule has 2 aliphatic rings. The molecule has 1 aromatic heterocycles. The molecule has 3 atom stereocenters. The highest BCUT2D eigenvalue weighted by Gasteiger charge is 2.53. The maximum atomic E-state index is 11.5. The first kappa shape index (κ1) is 19.2. The van der Waals surface area contributed by atoms with Crippen molar-refractivity contribution >= 4 is 18.3 Å². The van der Waals surface area contributed by atoms with Crippen LogP contribution in [0, 0.1) is 11.8 Å². The van der Waals surface area contributed by atoms with Crippen LogP contribution < -0.4 is 5.73 Å². The van der Waals surface area contributed by atoms with Gasteiger partial charge in [-0.15, -0.1) is 12.4 Å². The normalized spacial score (nSPS) is 29.8. The quantitative estimate of drug-likeness (QED) is 0.883. The molecule has 3 rings (SSSR count). The van der Waals surface area contributed by atoms with Gasteiger partial charge in [0.05, 0.1) is 0 Å². The number of hydrogen-bond donors (Lipinski definition) is 1. The summed E-state index contributed by atoms with van der Waals surface area (Å²) in [6.07, 6.45) is 6.45. The van der Waals surface area contributed by atoms with Crippen LogP contribution in [0.2, 0.25) is 0 Å². The first-order valence-corrected chi connectivity index (χ1v) is 8.65. The first-order valence-electron chi connectivity index (χ1n) is 8.65. The summed E-state index contributed by atoms with van der Waals surface area (Å²) in [4.78, 5) is 18.2. The van der Waals surface area contributed by atoms with E-state index in [0.29, 0.717) is 17.5 Å². The molecule has 5 nitrogen and oxygen atoms in total. The van der Waals surface area contributed by atoms with Crippen molar-refractivity contribution in [1.29, 1.82) is 0 Å². The van der Waals surface area contributed by atoms with Crippen molar-refractivity contribution in [3.8, 4) is 0 Å². The van der Waals surface area contributed by atoms with Gasteiger partial charge in [0.25, 0.3) is 5.91 Å². The molecule has 134 valence electrons. The van der Waals surface area contributed by atoms with Gasteiger partial charge in [-0.2, -0.15) is 0 Å². The molecule has 2 heterocycles. The van der Waals surface area contributed by atoms with Gasteiger partial charge in [-0.25, -0.2) is 0 Å². The van der Waals surface area contributed by atoms with Gasteiger partial charge in [0.15, 0.2) is 0 Å². The molecule has 0 aromatic carbocycles. The number of aromatic nitrogens is 1. The number of carbonyl (C=O) groups excluding carboxylic acids is 1. The zero-order chi connectivity index (χ0) is 16.4. The van der Waals surface area contributed by atoms with Crippen LogP contribution >= 0.6 is 12.4 Å². The Morgan fingerprint density at radius 1 is 1.42 bits per heavy atom. The molecule has 0 radical (unpaired) electrons. The number of fused-ring (bicyclic) bond motifs is 2. The molecule has 1 aliphatic heterocycles. The minimum atomic E-state index is -0.480. The maximum absolute atomic E-state index is 11.5. The number of nitrogens with two attached hydrogens (primary N) is 1. The van der Waals surface area contributed by atoms with Crippen molar-refractivity contribution < 1.29 is 9.53 Å². The van der Waals surface area contributed by atoms with Crippen LogP contribution in [-0.2, 0) is 10.3 Å². The van der Waals surface area contributed by atoms with E-state index in [1.54, 1.807) is 6.20 Å². The average molecular weight is 354 g/mol. The highest BCUT2D eigenvalue weighted by Crippen LogP contribution is 2.51. The fraction of sp³-hybridized carbons (Fsp3) is 0.667. The Morgan fingerprint density at radius 3 is 2.62 bits per heavy atom. The number of carbonyl (C=O) groups is 1. The molecule has 1 saturated heterocycles. The van der Waals surface area contributed by atoms with Gasteiger partial charge in [0, 0.05) is 38.2 Å². The zero-order valence-electron chi connectivity index (χ0n) is 14.5. The fourth-order valence-corrected chi connectivity index (χ4v) is 4.75. The number of pyridine rings is 1. The monoisotopic (exact) mass is 353 g/mol. The largest absolute Gasteiger partial charge is 0.373 e. The van der Waals surface area contributed by atoms with E-state index in [0.717, 1.165) is 25.2 Å². The number of piperidine rings is 1. The third kappa shape index (κ3) is 3.17. The number of halogens is 1. The second-order valence-corrected chi connectivity index (χ2v) is 6.88. The van der Waals surface area contributed by atoms with Crippen molar-refractivity contribution in [3.05, 3.63) is 29.6 Å². The molecule has 0 spiro atoms. The lowest BCUT2D eigenvalue weighted by Crippen LogP contribution is -2.59. The van der Waals surface area contributed by atoms with Crippen LogP contribution in [0.4, 0.5) is 0 Å². The third-order valence-corrected chi connectivity index (χ3v) is 5.62. The van der Waals surface area contributed by atoms with Crippen molar-refractivity contribution in [2.75, 3.05) is 26.7 Å². The highest BCUT2D eigenvalue weighted by molar-refractivity contribution is 5.90. The molecule has 6 heteroatoms. The molecule has 2 N–H and O–H groups in total. The summed E-state index contributed by atoms with van der Waals surface area (Å²) in [5.41, 5.74) is 6.51. The Kier molecular flexibility index (Phi) is 6.23. The predicted molar refractivity (Wildman–Crippen MR) is 96.3 cm³/mol. The molecule has 1 aliphatic carbocycles. The molecule has 2 fully saturated rings. The summed E-state index contributed by atoms with van der Waals surface area (Å²) < 4.78 is 6.19. The van der Waals surface area contributed by atoms with Crippen LogP contribution in [0.5, 0.6) is 0 Å². The molecule has 24 heavy (non-hydrogen) atoms. The summed E-state index contributed by atoms with van der Waals surface area (Å²) in [6.45, 7) is 5.50. The fourth-order valence-electron chi connectivity index (χ4n) is 4.75. The van der Waals surface area contributed by atoms with Crippen LogP contribution in [0.1, 0.15) is 48.7 Å². The number of likely N-dealkylation sites (tertiary alicyclic amines) is 1. The summed E-state index contributed by atoms with van der Waals surface area (Å²) in [5, 5.41) is 0. The van der Waals surface area contributed by atoms with Crippen molar-refractivity contribution in [2.45, 2.75) is 38.2 Å². The van der Waals surface area contributed by atoms with Gasteiger partial charge in [-0.3, -0.25) is 9.78 Å². The molecular weight excluding hydrogens is 326 g/mol. The average Bonchev–Trinajstić information content (AvgIpc) is 2.54. The Hall–Kier alpha value is -1.17. The van der Waals surface area contributed by atoms with Gasteiger partial charge in [-0.1, -0.05) is 13.3 Å². The topological polar surface area (TPSA) is 68.4 Å². The van der Waals surface area contributed by atoms with Gasteiger partial charge in [0.1, 0.15) is 11.3 Å². The van der Waals surface area contributed by atoms with Gasteiger partial charge < -0.3 is 15.4 Å². The first-order chi connectivity index (χ1) is 11.1. The minimum Gasteiger partial charge on any atom is -0.373 e. The highest BCUT2D eigenvalue weighted by atomic mass is 35.5. The number of methoxy groups -OCH3 is 1. The number of rotatable bonds is 5. The zero-order valence-corrected chi connectivity index (χ0v) is 15.3. The number of hydrogen-bond acceptors (Lipinski definition) is 4. The second-order valence-electron chi connectivity index (χ2n) is 6.88. The van der Waals surface area contributed by atoms with Crippen LogP contribution in [0.25, 0.3) is 0 Å². The summed E-state index contributed by atoms with van der Waals surface area (Å²) in [5.74, 6) is 0.427. The van der Waals surface area contributed by atoms with Crippen LogP contribution in [-0.4, -0.2) is 42.5 Å². The summed E-state index contributed by atoms with van der Waals surface area (Å²) in [6, 6.07) is 3.84. The van der Waals surface area contributed by atoms with E-state index in [2.05, 4.69) is 16.8 Å². The minimum absolute atomic E-state index is 0. The Morgan fingerprint density at radius 2 is 2.08 bits per heavy atom. The van der Waals surface area contributed by atoms with Crippen molar-refractivity contribution in [3.63, 3.8) is 0 Å². The van der Waals surface area contributed by atoms with Gasteiger partial charge >= 0.3 is 0 Å². The van der Waals surface area contributed by atoms with E-state index in [9.17, 15) is 4.79 Å². The lowest BCUT2D eigenvalue weighted by atomic mass is 9.62. The van der Waals surface area contributed by atoms with E-state index >= 15 is 0 Å². The van der Waals surface area contributed by atoms with E-state index in [1.165, 1.54) is 25.7 Å². The van der Waals surface area contributed by atoms with Crippen LogP contribution in [0.3, 0.4) is 0 Å². The SMILES string of the molecule is CCCN1C[C@H]2CCC[C@@H](C1)[C@]2(OC)c1ccnc(C(N)=O)c1.Cl. The van der Waals surface area contributed by atoms with Crippen LogP contribution in [0.15, 0.2) is 18.3 Å². The number of ether oxygens (including phenoxy) is 1. The second kappa shape index (κ2) is 7.81. The third-order valence-electron chi connectivity index (χ3n) is 5.62. The number of amides is 1. The molecule has 1 saturated carbocycles. The van der Waals surface area contributed by atoms with E-state index in [-0.39, 0.29) is 18.0 Å². The van der Waals surface area contributed by atoms with E-state index in [1.807, 2.05) is 19.2 Å².